The fraction of sp³-hybridized carbons (Fsp3) is 0.435. The minimum absolute atomic E-state index is 0.147. The molecule has 0 radical (unpaired) electrons. The second-order valence-electron chi connectivity index (χ2n) is 8.18. The summed E-state index contributed by atoms with van der Waals surface area (Å²) in [4.78, 5) is 17.0. The maximum atomic E-state index is 14.1. The van der Waals surface area contributed by atoms with E-state index in [-0.39, 0.29) is 16.6 Å². The van der Waals surface area contributed by atoms with Crippen LogP contribution in [0, 0.1) is 5.82 Å². The van der Waals surface area contributed by atoms with Gasteiger partial charge < -0.3 is 15.0 Å². The van der Waals surface area contributed by atoms with E-state index in [1.54, 1.807) is 24.3 Å². The monoisotopic (exact) mass is 476 g/mol. The zero-order valence-corrected chi connectivity index (χ0v) is 19.4. The van der Waals surface area contributed by atoms with Crippen molar-refractivity contribution in [1.82, 2.24) is 9.21 Å². The third-order valence-corrected chi connectivity index (χ3v) is 8.04. The third-order valence-electron chi connectivity index (χ3n) is 6.14. The molecular formula is C23H29FN4O4S. The Morgan fingerprint density at radius 3 is 2.39 bits per heavy atom. The number of piperazine rings is 1. The van der Waals surface area contributed by atoms with E-state index in [1.165, 1.54) is 22.5 Å². The van der Waals surface area contributed by atoms with Gasteiger partial charge in [0, 0.05) is 45.0 Å². The third kappa shape index (κ3) is 5.35. The van der Waals surface area contributed by atoms with Gasteiger partial charge in [-0.15, -0.1) is 0 Å². The smallest absolute Gasteiger partial charge is 0.243 e. The van der Waals surface area contributed by atoms with Gasteiger partial charge in [0.15, 0.2) is 0 Å². The van der Waals surface area contributed by atoms with E-state index in [4.69, 9.17) is 4.74 Å². The first-order chi connectivity index (χ1) is 15.9. The zero-order chi connectivity index (χ0) is 23.4. The molecule has 0 unspecified atom stereocenters. The molecule has 0 aliphatic carbocycles. The van der Waals surface area contributed by atoms with Gasteiger partial charge in [-0.05, 0) is 37.3 Å². The lowest BCUT2D eigenvalue weighted by Gasteiger charge is -2.38. The van der Waals surface area contributed by atoms with Gasteiger partial charge in [-0.25, -0.2) is 12.8 Å². The predicted molar refractivity (Wildman–Crippen MR) is 124 cm³/mol. The summed E-state index contributed by atoms with van der Waals surface area (Å²) in [5, 5.41) is 2.84. The number of rotatable bonds is 6. The molecule has 178 valence electrons. The van der Waals surface area contributed by atoms with E-state index in [2.05, 4.69) is 5.32 Å². The summed E-state index contributed by atoms with van der Waals surface area (Å²) >= 11 is 0. The molecular weight excluding hydrogens is 447 g/mol. The van der Waals surface area contributed by atoms with Crippen LogP contribution in [0.4, 0.5) is 15.8 Å². The van der Waals surface area contributed by atoms with Gasteiger partial charge in [0.25, 0.3) is 0 Å². The molecule has 0 aromatic heterocycles. The molecule has 2 aromatic rings. The Labute approximate surface area is 194 Å². The van der Waals surface area contributed by atoms with Crippen LogP contribution < -0.4 is 10.2 Å². The Hall–Kier alpha value is -2.53. The number of para-hydroxylation sites is 1. The topological polar surface area (TPSA) is 82.2 Å². The first kappa shape index (κ1) is 23.6. The number of hydrogen-bond donors (Lipinski definition) is 1. The van der Waals surface area contributed by atoms with Crippen molar-refractivity contribution in [3.63, 3.8) is 0 Å². The summed E-state index contributed by atoms with van der Waals surface area (Å²) in [6.07, 6.45) is 0. The Morgan fingerprint density at radius 1 is 1.00 bits per heavy atom. The maximum Gasteiger partial charge on any atom is 0.243 e. The van der Waals surface area contributed by atoms with Gasteiger partial charge in [0.1, 0.15) is 5.82 Å². The molecule has 2 aliphatic heterocycles. The standard InChI is InChI=1S/C23H29FN4O4S/c1-18(26-9-11-27(12-10-26)22-8-3-2-7-21(22)24)23(29)25-19-5-4-6-20(17-19)33(30,31)28-13-15-32-16-14-28/h2-8,17-18H,9-16H2,1H3,(H,25,29)/t18-/m0/s1. The van der Waals surface area contributed by atoms with Crippen molar-refractivity contribution in [2.24, 2.45) is 0 Å². The van der Waals surface area contributed by atoms with Crippen LogP contribution >= 0.6 is 0 Å². The Balaban J connectivity index is 1.37. The number of benzene rings is 2. The fourth-order valence-electron chi connectivity index (χ4n) is 4.14. The number of sulfonamides is 1. The minimum Gasteiger partial charge on any atom is -0.379 e. The van der Waals surface area contributed by atoms with Crippen LogP contribution in [0.2, 0.25) is 0 Å². The average Bonchev–Trinajstić information content (AvgIpc) is 2.85. The molecule has 8 nitrogen and oxygen atoms in total. The highest BCUT2D eigenvalue weighted by molar-refractivity contribution is 7.89. The molecule has 2 aliphatic rings. The molecule has 0 spiro atoms. The van der Waals surface area contributed by atoms with Gasteiger partial charge >= 0.3 is 0 Å². The maximum absolute atomic E-state index is 14.1. The summed E-state index contributed by atoms with van der Waals surface area (Å²) in [6.45, 7) is 5.67. The van der Waals surface area contributed by atoms with Crippen molar-refractivity contribution in [1.29, 1.82) is 0 Å². The number of nitrogens with one attached hydrogen (secondary N) is 1. The summed E-state index contributed by atoms with van der Waals surface area (Å²) in [6, 6.07) is 12.6. The van der Waals surface area contributed by atoms with Crippen LogP contribution in [0.3, 0.4) is 0 Å². The van der Waals surface area contributed by atoms with Crippen LogP contribution in [0.25, 0.3) is 0 Å². The number of amides is 1. The van der Waals surface area contributed by atoms with Crippen molar-refractivity contribution in [2.75, 3.05) is 62.7 Å². The average molecular weight is 477 g/mol. The van der Waals surface area contributed by atoms with E-state index in [0.717, 1.165) is 0 Å². The summed E-state index contributed by atoms with van der Waals surface area (Å²) in [5.74, 6) is -0.459. The van der Waals surface area contributed by atoms with Crippen molar-refractivity contribution in [3.05, 3.63) is 54.3 Å². The number of carbonyl (C=O) groups is 1. The zero-order valence-electron chi connectivity index (χ0n) is 18.6. The summed E-state index contributed by atoms with van der Waals surface area (Å²) in [5.41, 5.74) is 1.01. The molecule has 0 bridgehead atoms. The lowest BCUT2D eigenvalue weighted by molar-refractivity contribution is -0.120. The molecule has 1 amide bonds. The highest BCUT2D eigenvalue weighted by Gasteiger charge is 2.28. The van der Waals surface area contributed by atoms with Gasteiger partial charge in [0.05, 0.1) is 29.8 Å². The number of ether oxygens (including phenoxy) is 1. The van der Waals surface area contributed by atoms with Crippen molar-refractivity contribution < 1.29 is 22.3 Å². The van der Waals surface area contributed by atoms with Gasteiger partial charge in [0.2, 0.25) is 15.9 Å². The van der Waals surface area contributed by atoms with Gasteiger partial charge in [-0.2, -0.15) is 4.31 Å². The van der Waals surface area contributed by atoms with Crippen LogP contribution in [-0.4, -0.2) is 82.1 Å². The molecule has 2 saturated heterocycles. The lowest BCUT2D eigenvalue weighted by Crippen LogP contribution is -2.53. The van der Waals surface area contributed by atoms with Crippen molar-refractivity contribution >= 4 is 27.3 Å². The second-order valence-corrected chi connectivity index (χ2v) is 10.1. The van der Waals surface area contributed by atoms with Gasteiger partial charge in [-0.3, -0.25) is 9.69 Å². The molecule has 2 aromatic carbocycles. The Kier molecular flexibility index (Phi) is 7.28. The number of nitrogens with zero attached hydrogens (tertiary/aromatic N) is 3. The number of morpholine rings is 1. The molecule has 2 fully saturated rings. The molecule has 33 heavy (non-hydrogen) atoms. The lowest BCUT2D eigenvalue weighted by atomic mass is 10.2. The van der Waals surface area contributed by atoms with E-state index in [9.17, 15) is 17.6 Å². The van der Waals surface area contributed by atoms with E-state index in [0.29, 0.717) is 63.9 Å². The molecule has 2 heterocycles. The van der Waals surface area contributed by atoms with Crippen LogP contribution in [-0.2, 0) is 19.6 Å². The van der Waals surface area contributed by atoms with Crippen LogP contribution in [0.5, 0.6) is 0 Å². The van der Waals surface area contributed by atoms with Crippen LogP contribution in [0.1, 0.15) is 6.92 Å². The normalized spacial score (nSPS) is 19.3. The highest BCUT2D eigenvalue weighted by atomic mass is 32.2. The molecule has 1 N–H and O–H groups in total. The number of hydrogen-bond acceptors (Lipinski definition) is 6. The molecule has 4 rings (SSSR count). The molecule has 10 heteroatoms. The summed E-state index contributed by atoms with van der Waals surface area (Å²) < 4.78 is 46.5. The number of anilines is 2. The van der Waals surface area contributed by atoms with Crippen molar-refractivity contribution in [2.45, 2.75) is 17.9 Å². The second kappa shape index (κ2) is 10.2. The number of halogens is 1. The minimum atomic E-state index is -3.64. The highest BCUT2D eigenvalue weighted by Crippen LogP contribution is 2.23. The molecule has 1 atom stereocenters. The van der Waals surface area contributed by atoms with Crippen molar-refractivity contribution in [3.8, 4) is 0 Å². The first-order valence-electron chi connectivity index (χ1n) is 11.1. The predicted octanol–water partition coefficient (Wildman–Crippen LogP) is 2.00. The quantitative estimate of drug-likeness (QED) is 0.687. The van der Waals surface area contributed by atoms with E-state index in [1.807, 2.05) is 22.8 Å². The van der Waals surface area contributed by atoms with Gasteiger partial charge in [-0.1, -0.05) is 18.2 Å². The van der Waals surface area contributed by atoms with Crippen LogP contribution in [0.15, 0.2) is 53.4 Å². The summed E-state index contributed by atoms with van der Waals surface area (Å²) in [7, 11) is -3.64. The fourth-order valence-corrected chi connectivity index (χ4v) is 5.60. The first-order valence-corrected chi connectivity index (χ1v) is 12.5. The largest absolute Gasteiger partial charge is 0.379 e. The van der Waals surface area contributed by atoms with E-state index < -0.39 is 16.1 Å². The number of carbonyl (C=O) groups excluding carboxylic acids is 1. The Bertz CT molecular complexity index is 1080. The van der Waals surface area contributed by atoms with E-state index >= 15 is 0 Å². The SMILES string of the molecule is C[C@@H](C(=O)Nc1cccc(S(=O)(=O)N2CCOCC2)c1)N1CCN(c2ccccc2F)CC1. The Morgan fingerprint density at radius 2 is 1.70 bits per heavy atom. The molecule has 0 saturated carbocycles.